The zero-order valence-electron chi connectivity index (χ0n) is 10.4. The maximum atomic E-state index is 11.6. The number of carboxylic acid groups (broad SMARTS) is 1. The van der Waals surface area contributed by atoms with Crippen LogP contribution in [-0.4, -0.2) is 35.4 Å². The van der Waals surface area contributed by atoms with Crippen LogP contribution in [0.3, 0.4) is 0 Å². The number of anilines is 1. The number of carbonyl (C=O) groups excluding carboxylic acids is 1. The highest BCUT2D eigenvalue weighted by atomic mass is 35.5. The molecular formula is C12H14Cl2N2O4. The van der Waals surface area contributed by atoms with Gasteiger partial charge >= 0.3 is 12.0 Å². The van der Waals surface area contributed by atoms with E-state index < -0.39 is 17.9 Å². The Morgan fingerprint density at radius 1 is 1.25 bits per heavy atom. The largest absolute Gasteiger partial charge is 0.481 e. The second kappa shape index (κ2) is 7.94. The zero-order valence-corrected chi connectivity index (χ0v) is 11.9. The highest BCUT2D eigenvalue weighted by Gasteiger charge is 2.13. The quantitative estimate of drug-likeness (QED) is 0.645. The summed E-state index contributed by atoms with van der Waals surface area (Å²) in [5.41, 5.74) is 0.454. The number of halogens is 2. The lowest BCUT2D eigenvalue weighted by atomic mass is 10.1. The molecule has 0 aliphatic rings. The number of benzene rings is 1. The number of amides is 2. The fourth-order valence-electron chi connectivity index (χ4n) is 1.43. The van der Waals surface area contributed by atoms with Crippen molar-refractivity contribution in [3.05, 3.63) is 28.2 Å². The van der Waals surface area contributed by atoms with Gasteiger partial charge in [0.15, 0.2) is 0 Å². The van der Waals surface area contributed by atoms with Crippen LogP contribution in [-0.2, 0) is 4.79 Å². The Bertz CT molecular complexity index is 496. The first-order valence-corrected chi connectivity index (χ1v) is 6.50. The average Bonchev–Trinajstić information content (AvgIpc) is 2.38. The van der Waals surface area contributed by atoms with Gasteiger partial charge in [-0.3, -0.25) is 4.79 Å². The van der Waals surface area contributed by atoms with Gasteiger partial charge in [-0.15, -0.1) is 0 Å². The van der Waals surface area contributed by atoms with Crippen molar-refractivity contribution in [3.63, 3.8) is 0 Å². The van der Waals surface area contributed by atoms with Gasteiger partial charge in [-0.1, -0.05) is 23.2 Å². The van der Waals surface area contributed by atoms with E-state index in [1.165, 1.54) is 6.07 Å². The molecule has 0 heterocycles. The SMILES string of the molecule is O=C(O)CC(CO)CNC(=O)Nc1ccc(Cl)c(Cl)c1. The maximum absolute atomic E-state index is 11.6. The van der Waals surface area contributed by atoms with Crippen molar-refractivity contribution in [2.45, 2.75) is 6.42 Å². The van der Waals surface area contributed by atoms with E-state index in [0.717, 1.165) is 0 Å². The van der Waals surface area contributed by atoms with Gasteiger partial charge in [0.25, 0.3) is 0 Å². The molecule has 1 aromatic carbocycles. The summed E-state index contributed by atoms with van der Waals surface area (Å²) >= 11 is 11.5. The third kappa shape index (κ3) is 5.64. The minimum atomic E-state index is -1.03. The molecule has 0 radical (unpaired) electrons. The highest BCUT2D eigenvalue weighted by Crippen LogP contribution is 2.24. The lowest BCUT2D eigenvalue weighted by Gasteiger charge is -2.13. The van der Waals surface area contributed by atoms with Crippen molar-refractivity contribution < 1.29 is 19.8 Å². The van der Waals surface area contributed by atoms with E-state index in [-0.39, 0.29) is 19.6 Å². The minimum absolute atomic E-state index is 0.0515. The van der Waals surface area contributed by atoms with Crippen molar-refractivity contribution in [2.24, 2.45) is 5.92 Å². The summed E-state index contributed by atoms with van der Waals surface area (Å²) in [4.78, 5) is 22.1. The standard InChI is InChI=1S/C12H14Cl2N2O4/c13-9-2-1-8(4-10(9)14)16-12(20)15-5-7(6-17)3-11(18)19/h1-2,4,7,17H,3,5-6H2,(H,18,19)(H2,15,16,20). The van der Waals surface area contributed by atoms with Gasteiger partial charge in [0.1, 0.15) is 0 Å². The van der Waals surface area contributed by atoms with Crippen LogP contribution in [0.15, 0.2) is 18.2 Å². The number of aliphatic hydroxyl groups is 1. The van der Waals surface area contributed by atoms with Crippen molar-refractivity contribution in [1.29, 1.82) is 0 Å². The molecular weight excluding hydrogens is 307 g/mol. The topological polar surface area (TPSA) is 98.7 Å². The zero-order chi connectivity index (χ0) is 15.1. The molecule has 0 aromatic heterocycles. The summed E-state index contributed by atoms with van der Waals surface area (Å²) in [6, 6.07) is 4.09. The lowest BCUT2D eigenvalue weighted by molar-refractivity contribution is -0.138. The van der Waals surface area contributed by atoms with Crippen LogP contribution in [0.5, 0.6) is 0 Å². The van der Waals surface area contributed by atoms with Gasteiger partial charge in [-0.05, 0) is 18.2 Å². The molecule has 1 unspecified atom stereocenters. The second-order valence-corrected chi connectivity index (χ2v) is 4.92. The second-order valence-electron chi connectivity index (χ2n) is 4.11. The molecule has 1 aromatic rings. The summed E-state index contributed by atoms with van der Waals surface area (Å²) < 4.78 is 0. The first-order chi connectivity index (χ1) is 9.42. The van der Waals surface area contributed by atoms with Crippen LogP contribution < -0.4 is 10.6 Å². The fraction of sp³-hybridized carbons (Fsp3) is 0.333. The number of carboxylic acids is 1. The Labute approximate surface area is 125 Å². The van der Waals surface area contributed by atoms with E-state index >= 15 is 0 Å². The first kappa shape index (κ1) is 16.6. The van der Waals surface area contributed by atoms with E-state index in [0.29, 0.717) is 15.7 Å². The molecule has 0 spiro atoms. The van der Waals surface area contributed by atoms with Crippen LogP contribution in [0.4, 0.5) is 10.5 Å². The number of aliphatic hydroxyl groups excluding tert-OH is 1. The summed E-state index contributed by atoms with van der Waals surface area (Å²) in [5.74, 6) is -1.57. The molecule has 2 amide bonds. The highest BCUT2D eigenvalue weighted by molar-refractivity contribution is 6.42. The van der Waals surface area contributed by atoms with Gasteiger partial charge < -0.3 is 20.8 Å². The minimum Gasteiger partial charge on any atom is -0.481 e. The lowest BCUT2D eigenvalue weighted by Crippen LogP contribution is -2.35. The predicted octanol–water partition coefficient (Wildman–Crippen LogP) is 2.20. The van der Waals surface area contributed by atoms with Gasteiger partial charge in [0.2, 0.25) is 0 Å². The van der Waals surface area contributed by atoms with E-state index in [4.69, 9.17) is 33.4 Å². The Kier molecular flexibility index (Phi) is 6.57. The van der Waals surface area contributed by atoms with Crippen molar-refractivity contribution in [1.82, 2.24) is 5.32 Å². The number of hydrogen-bond donors (Lipinski definition) is 4. The van der Waals surface area contributed by atoms with E-state index in [1.54, 1.807) is 12.1 Å². The monoisotopic (exact) mass is 320 g/mol. The molecule has 8 heteroatoms. The van der Waals surface area contributed by atoms with Crippen molar-refractivity contribution in [3.8, 4) is 0 Å². The van der Waals surface area contributed by atoms with Crippen molar-refractivity contribution in [2.75, 3.05) is 18.5 Å². The molecule has 0 saturated carbocycles. The summed E-state index contributed by atoms with van der Waals surface area (Å²) in [6.45, 7) is -0.269. The van der Waals surface area contributed by atoms with Crippen LogP contribution >= 0.6 is 23.2 Å². The van der Waals surface area contributed by atoms with Gasteiger partial charge in [0.05, 0.1) is 16.5 Å². The van der Waals surface area contributed by atoms with E-state index in [2.05, 4.69) is 10.6 Å². The molecule has 0 bridgehead atoms. The number of carbonyl (C=O) groups is 2. The third-order valence-corrected chi connectivity index (χ3v) is 3.19. The first-order valence-electron chi connectivity index (χ1n) is 5.75. The van der Waals surface area contributed by atoms with Crippen LogP contribution in [0.2, 0.25) is 10.0 Å². The van der Waals surface area contributed by atoms with Crippen LogP contribution in [0.1, 0.15) is 6.42 Å². The molecule has 1 atom stereocenters. The third-order valence-electron chi connectivity index (χ3n) is 2.45. The Hall–Kier alpha value is -1.50. The smallest absolute Gasteiger partial charge is 0.319 e. The molecule has 0 aliphatic carbocycles. The number of rotatable bonds is 6. The molecule has 4 N–H and O–H groups in total. The molecule has 0 fully saturated rings. The van der Waals surface area contributed by atoms with Crippen LogP contribution in [0, 0.1) is 5.92 Å². The van der Waals surface area contributed by atoms with E-state index in [9.17, 15) is 9.59 Å². The molecule has 20 heavy (non-hydrogen) atoms. The van der Waals surface area contributed by atoms with E-state index in [1.807, 2.05) is 0 Å². The van der Waals surface area contributed by atoms with Gasteiger partial charge in [-0.2, -0.15) is 0 Å². The molecule has 1 rings (SSSR count). The Morgan fingerprint density at radius 3 is 2.50 bits per heavy atom. The maximum Gasteiger partial charge on any atom is 0.319 e. The molecule has 6 nitrogen and oxygen atoms in total. The molecule has 0 aliphatic heterocycles. The fourth-order valence-corrected chi connectivity index (χ4v) is 1.73. The Balaban J connectivity index is 2.46. The Morgan fingerprint density at radius 2 is 1.95 bits per heavy atom. The normalized spacial score (nSPS) is 11.8. The summed E-state index contributed by atoms with van der Waals surface area (Å²) in [7, 11) is 0. The van der Waals surface area contributed by atoms with Crippen molar-refractivity contribution >= 4 is 40.9 Å². The number of nitrogens with one attached hydrogen (secondary N) is 2. The number of urea groups is 1. The summed E-state index contributed by atoms with van der Waals surface area (Å²) in [6.07, 6.45) is -0.219. The number of hydrogen-bond acceptors (Lipinski definition) is 3. The predicted molar refractivity (Wildman–Crippen MR) is 76.3 cm³/mol. The molecule has 110 valence electrons. The van der Waals surface area contributed by atoms with Gasteiger partial charge in [0, 0.05) is 24.8 Å². The summed E-state index contributed by atoms with van der Waals surface area (Å²) in [5, 5.41) is 23.3. The molecule has 0 saturated heterocycles. The van der Waals surface area contributed by atoms with Gasteiger partial charge in [-0.25, -0.2) is 4.79 Å². The average molecular weight is 321 g/mol. The number of aliphatic carboxylic acids is 1. The van der Waals surface area contributed by atoms with Crippen LogP contribution in [0.25, 0.3) is 0 Å².